The standard InChI is InChI=1S/C46H60N4O2S/c1-9-10-31-53-45(3,4)39(40(51)32-46(5)29-15-12-16-30-46)28-19-33(2)43-48-41(34-20-24-37(47-6)25-21-34)42(35-22-26-38(27-23-35)49(7)8)50(43)44(52)36-17-13-11-14-18-36/h11,13-14,17-18,20-27,32,39,47,51H,2,9-10,12,15-16,19,28-31H2,1,3-8H3/b40-32-. The number of anilines is 2. The topological polar surface area (TPSA) is 70.4 Å². The lowest BCUT2D eigenvalue weighted by molar-refractivity contribution is 0.0960. The molecule has 0 bridgehead atoms. The number of rotatable bonds is 16. The molecule has 1 saturated carbocycles. The van der Waals surface area contributed by atoms with Crippen LogP contribution in [0.15, 0.2) is 97.3 Å². The van der Waals surface area contributed by atoms with Gasteiger partial charge in [0, 0.05) is 59.9 Å². The normalized spacial score (nSPS) is 15.2. The van der Waals surface area contributed by atoms with Crippen molar-refractivity contribution in [1.29, 1.82) is 0 Å². The summed E-state index contributed by atoms with van der Waals surface area (Å²) in [6.07, 6.45) is 11.6. The van der Waals surface area contributed by atoms with Crippen LogP contribution in [-0.4, -0.2) is 52.2 Å². The lowest BCUT2D eigenvalue weighted by Gasteiger charge is -2.37. The van der Waals surface area contributed by atoms with Crippen LogP contribution in [0.1, 0.15) is 102 Å². The Balaban J connectivity index is 1.62. The quantitative estimate of drug-likeness (QED) is 0.0883. The summed E-state index contributed by atoms with van der Waals surface area (Å²) in [5.41, 5.74) is 6.69. The van der Waals surface area contributed by atoms with Gasteiger partial charge in [0.25, 0.3) is 5.91 Å². The molecule has 1 atom stereocenters. The zero-order valence-corrected chi connectivity index (χ0v) is 33.9. The first-order chi connectivity index (χ1) is 25.4. The highest BCUT2D eigenvalue weighted by atomic mass is 32.2. The van der Waals surface area contributed by atoms with Gasteiger partial charge in [-0.2, -0.15) is 11.8 Å². The number of aromatic nitrogens is 2. The molecule has 0 spiro atoms. The number of hydrogen-bond acceptors (Lipinski definition) is 6. The van der Waals surface area contributed by atoms with E-state index in [0.29, 0.717) is 30.0 Å². The summed E-state index contributed by atoms with van der Waals surface area (Å²) in [4.78, 5) is 22.1. The van der Waals surface area contributed by atoms with Crippen LogP contribution in [0.5, 0.6) is 0 Å². The number of thioether (sulfide) groups is 1. The molecule has 1 heterocycles. The maximum Gasteiger partial charge on any atom is 0.264 e. The number of unbranched alkanes of at least 4 members (excludes halogenated alkanes) is 1. The Kier molecular flexibility index (Phi) is 13.4. The predicted octanol–water partition coefficient (Wildman–Crippen LogP) is 12.1. The largest absolute Gasteiger partial charge is 0.512 e. The van der Waals surface area contributed by atoms with Crippen molar-refractivity contribution in [1.82, 2.24) is 9.55 Å². The van der Waals surface area contributed by atoms with Crippen LogP contribution in [0.4, 0.5) is 11.4 Å². The molecule has 3 aromatic carbocycles. The highest BCUT2D eigenvalue weighted by molar-refractivity contribution is 8.00. The minimum absolute atomic E-state index is 0.00882. The van der Waals surface area contributed by atoms with Gasteiger partial charge in [-0.15, -0.1) is 0 Å². The smallest absolute Gasteiger partial charge is 0.264 e. The molecule has 1 unspecified atom stereocenters. The lowest BCUT2D eigenvalue weighted by Crippen LogP contribution is -2.31. The van der Waals surface area contributed by atoms with Gasteiger partial charge in [-0.25, -0.2) is 4.98 Å². The molecule has 1 fully saturated rings. The van der Waals surface area contributed by atoms with Gasteiger partial charge in [0.1, 0.15) is 5.82 Å². The highest BCUT2D eigenvalue weighted by Crippen LogP contribution is 2.45. The molecule has 2 N–H and O–H groups in total. The van der Waals surface area contributed by atoms with E-state index in [1.807, 2.05) is 75.4 Å². The van der Waals surface area contributed by atoms with E-state index in [-0.39, 0.29) is 22.0 Å². The van der Waals surface area contributed by atoms with Crippen LogP contribution in [-0.2, 0) is 0 Å². The monoisotopic (exact) mass is 732 g/mol. The van der Waals surface area contributed by atoms with Crippen LogP contribution < -0.4 is 10.2 Å². The van der Waals surface area contributed by atoms with Gasteiger partial charge >= 0.3 is 0 Å². The third-order valence-electron chi connectivity index (χ3n) is 10.9. The average molecular weight is 733 g/mol. The van der Waals surface area contributed by atoms with E-state index in [9.17, 15) is 9.90 Å². The Morgan fingerprint density at radius 1 is 1.02 bits per heavy atom. The van der Waals surface area contributed by atoms with Crippen LogP contribution >= 0.6 is 11.8 Å². The molecule has 1 aliphatic rings. The van der Waals surface area contributed by atoms with Crippen LogP contribution in [0.3, 0.4) is 0 Å². The van der Waals surface area contributed by atoms with Crippen molar-refractivity contribution >= 4 is 34.6 Å². The molecule has 6 nitrogen and oxygen atoms in total. The summed E-state index contributed by atoms with van der Waals surface area (Å²) in [5, 5.41) is 15.2. The second-order valence-electron chi connectivity index (χ2n) is 15.7. The Hall–Kier alpha value is -4.23. The highest BCUT2D eigenvalue weighted by Gasteiger charge is 2.36. The van der Waals surface area contributed by atoms with Crippen LogP contribution in [0, 0.1) is 11.3 Å². The van der Waals surface area contributed by atoms with Gasteiger partial charge in [-0.1, -0.05) is 88.6 Å². The van der Waals surface area contributed by atoms with E-state index in [0.717, 1.165) is 70.9 Å². The first kappa shape index (κ1) is 40.0. The number of aliphatic hydroxyl groups excluding tert-OH is 1. The van der Waals surface area contributed by atoms with Crippen molar-refractivity contribution < 1.29 is 9.90 Å². The third-order valence-corrected chi connectivity index (χ3v) is 12.4. The fourth-order valence-electron chi connectivity index (χ4n) is 7.57. The summed E-state index contributed by atoms with van der Waals surface area (Å²) in [7, 11) is 5.95. The fraction of sp³-hybridized carbons (Fsp3) is 0.435. The number of hydrogen-bond donors (Lipinski definition) is 2. The van der Waals surface area contributed by atoms with E-state index in [2.05, 4.69) is 87.0 Å². The van der Waals surface area contributed by atoms with Crippen molar-refractivity contribution in [3.8, 4) is 22.5 Å². The summed E-state index contributed by atoms with van der Waals surface area (Å²) in [6, 6.07) is 25.9. The maximum absolute atomic E-state index is 14.7. The first-order valence-electron chi connectivity index (χ1n) is 19.4. The molecule has 0 amide bonds. The van der Waals surface area contributed by atoms with Crippen molar-refractivity contribution in [2.45, 2.75) is 90.2 Å². The number of aliphatic hydroxyl groups is 1. The molecule has 0 saturated heterocycles. The zero-order chi connectivity index (χ0) is 38.2. The number of nitrogens with one attached hydrogen (secondary N) is 1. The van der Waals surface area contributed by atoms with E-state index in [1.54, 1.807) is 4.57 Å². The molecule has 7 heteroatoms. The first-order valence-corrected chi connectivity index (χ1v) is 20.4. The maximum atomic E-state index is 14.7. The van der Waals surface area contributed by atoms with Gasteiger partial charge in [0.05, 0.1) is 17.1 Å². The number of benzene rings is 3. The van der Waals surface area contributed by atoms with Gasteiger partial charge in [0.15, 0.2) is 0 Å². The van der Waals surface area contributed by atoms with Crippen LogP contribution in [0.25, 0.3) is 28.1 Å². The van der Waals surface area contributed by atoms with Gasteiger partial charge < -0.3 is 15.3 Å². The summed E-state index contributed by atoms with van der Waals surface area (Å²) >= 11 is 1.95. The van der Waals surface area contributed by atoms with Gasteiger partial charge in [0.2, 0.25) is 0 Å². The minimum atomic E-state index is -0.199. The predicted molar refractivity (Wildman–Crippen MR) is 228 cm³/mol. The Bertz CT molecular complexity index is 1850. The van der Waals surface area contributed by atoms with Crippen molar-refractivity contribution in [2.24, 2.45) is 11.3 Å². The Morgan fingerprint density at radius 2 is 1.66 bits per heavy atom. The van der Waals surface area contributed by atoms with E-state index >= 15 is 0 Å². The summed E-state index contributed by atoms with van der Waals surface area (Å²) < 4.78 is 1.58. The molecule has 0 radical (unpaired) electrons. The third kappa shape index (κ3) is 9.66. The minimum Gasteiger partial charge on any atom is -0.512 e. The molecule has 4 aromatic rings. The second kappa shape index (κ2) is 17.7. The molecule has 0 aliphatic heterocycles. The van der Waals surface area contributed by atoms with E-state index in [4.69, 9.17) is 4.98 Å². The number of imidazole rings is 1. The molecular formula is C46H60N4O2S. The fourth-order valence-corrected chi connectivity index (χ4v) is 8.97. The SMILES string of the molecule is C=C(CCC(/C(O)=C/C1(C)CCCCC1)C(C)(C)SCCCC)c1nc(-c2ccc(NC)cc2)c(-c2ccc(N(C)C)cc2)n1C(=O)c1ccccc1. The lowest BCUT2D eigenvalue weighted by atomic mass is 9.74. The van der Waals surface area contributed by atoms with Crippen molar-refractivity contribution in [3.05, 3.63) is 109 Å². The number of allylic oxidation sites excluding steroid dienone is 3. The Labute approximate surface area is 322 Å². The average Bonchev–Trinajstić information content (AvgIpc) is 3.56. The van der Waals surface area contributed by atoms with Crippen molar-refractivity contribution in [3.63, 3.8) is 0 Å². The summed E-state index contributed by atoms with van der Waals surface area (Å²) in [6.45, 7) is 13.7. The van der Waals surface area contributed by atoms with E-state index in [1.165, 1.54) is 19.3 Å². The second-order valence-corrected chi connectivity index (χ2v) is 17.4. The van der Waals surface area contributed by atoms with Gasteiger partial charge in [-0.3, -0.25) is 9.36 Å². The molecule has 282 valence electrons. The molecule has 1 aliphatic carbocycles. The zero-order valence-electron chi connectivity index (χ0n) is 33.0. The molecular weight excluding hydrogens is 673 g/mol. The molecule has 1 aromatic heterocycles. The molecule has 5 rings (SSSR count). The van der Waals surface area contributed by atoms with E-state index < -0.39 is 0 Å². The Morgan fingerprint density at radius 3 is 2.26 bits per heavy atom. The van der Waals surface area contributed by atoms with Gasteiger partial charge in [-0.05, 0) is 105 Å². The number of carbonyl (C=O) groups excluding carboxylic acids is 1. The summed E-state index contributed by atoms with van der Waals surface area (Å²) in [5.74, 6) is 1.86. The number of nitrogens with zero attached hydrogens (tertiary/aromatic N) is 3. The number of carbonyl (C=O) groups is 1. The van der Waals surface area contributed by atoms with Crippen LogP contribution in [0.2, 0.25) is 0 Å². The molecule has 53 heavy (non-hydrogen) atoms. The van der Waals surface area contributed by atoms with Crippen molar-refractivity contribution in [2.75, 3.05) is 37.1 Å².